The number of hydrogen-bond donors (Lipinski definition) is 1. The predicted octanol–water partition coefficient (Wildman–Crippen LogP) is 4.79. The minimum Gasteiger partial charge on any atom is -0.481 e. The van der Waals surface area contributed by atoms with Crippen molar-refractivity contribution >= 4 is 5.97 Å². The van der Waals surface area contributed by atoms with Gasteiger partial charge < -0.3 is 5.11 Å². The highest BCUT2D eigenvalue weighted by atomic mass is 16.4. The first-order chi connectivity index (χ1) is 8.07. The summed E-state index contributed by atoms with van der Waals surface area (Å²) in [5.41, 5.74) is 1.08. The van der Waals surface area contributed by atoms with Gasteiger partial charge in [-0.15, -0.1) is 6.58 Å². The number of carboxylic acid groups (broad SMARTS) is 1. The molecule has 0 spiro atoms. The molecule has 2 heteroatoms. The van der Waals surface area contributed by atoms with E-state index in [9.17, 15) is 4.79 Å². The second kappa shape index (κ2) is 10.4. The highest BCUT2D eigenvalue weighted by Crippen LogP contribution is 2.19. The van der Waals surface area contributed by atoms with E-state index in [0.717, 1.165) is 31.3 Å². The van der Waals surface area contributed by atoms with E-state index in [1.54, 1.807) is 0 Å². The minimum absolute atomic E-state index is 0.169. The Bertz CT molecular complexity index is 221. The van der Waals surface area contributed by atoms with Gasteiger partial charge in [-0.3, -0.25) is 4.79 Å². The first-order valence-electron chi connectivity index (χ1n) is 6.95. The number of aliphatic carboxylic acids is 1. The van der Waals surface area contributed by atoms with Crippen LogP contribution < -0.4 is 0 Å². The largest absolute Gasteiger partial charge is 0.481 e. The molecule has 0 bridgehead atoms. The van der Waals surface area contributed by atoms with Crippen LogP contribution in [0, 0.1) is 5.92 Å². The van der Waals surface area contributed by atoms with Gasteiger partial charge in [0, 0.05) is 0 Å². The molecule has 0 aromatic heterocycles. The van der Waals surface area contributed by atoms with E-state index in [1.807, 2.05) is 6.92 Å². The van der Waals surface area contributed by atoms with Crippen LogP contribution in [0.25, 0.3) is 0 Å². The van der Waals surface area contributed by atoms with Crippen molar-refractivity contribution in [2.75, 3.05) is 0 Å². The van der Waals surface area contributed by atoms with Gasteiger partial charge in [0.25, 0.3) is 0 Å². The fourth-order valence-electron chi connectivity index (χ4n) is 1.98. The quantitative estimate of drug-likeness (QED) is 0.416. The van der Waals surface area contributed by atoms with Crippen LogP contribution in [0.2, 0.25) is 0 Å². The molecule has 0 radical (unpaired) electrons. The Morgan fingerprint density at radius 3 is 2.24 bits per heavy atom. The molecule has 0 amide bonds. The molecule has 0 aromatic rings. The van der Waals surface area contributed by atoms with Crippen LogP contribution in [-0.4, -0.2) is 11.1 Å². The lowest BCUT2D eigenvalue weighted by molar-refractivity contribution is -0.142. The lowest BCUT2D eigenvalue weighted by Crippen LogP contribution is -2.13. The number of allylic oxidation sites excluding steroid dienone is 1. The van der Waals surface area contributed by atoms with Crippen LogP contribution in [0.4, 0.5) is 0 Å². The molecule has 100 valence electrons. The molecule has 1 N–H and O–H groups in total. The second-order valence-electron chi connectivity index (χ2n) is 5.09. The van der Waals surface area contributed by atoms with Crippen molar-refractivity contribution in [3.05, 3.63) is 12.2 Å². The molecular weight excluding hydrogens is 212 g/mol. The van der Waals surface area contributed by atoms with Crippen LogP contribution in [0.5, 0.6) is 0 Å². The summed E-state index contributed by atoms with van der Waals surface area (Å²) in [5.74, 6) is -0.808. The maximum absolute atomic E-state index is 11.0. The van der Waals surface area contributed by atoms with E-state index < -0.39 is 5.97 Å². The molecule has 0 fully saturated rings. The van der Waals surface area contributed by atoms with E-state index in [0.29, 0.717) is 0 Å². The standard InChI is InChI=1S/C15H28O2/c1-4-5-6-7-8-9-10-14(15(16)17)12-11-13(2)3/h14H,2,4-12H2,1,3H3,(H,16,17). The summed E-state index contributed by atoms with van der Waals surface area (Å²) in [5, 5.41) is 9.10. The molecule has 0 aliphatic heterocycles. The van der Waals surface area contributed by atoms with Gasteiger partial charge >= 0.3 is 5.97 Å². The number of hydrogen-bond acceptors (Lipinski definition) is 1. The zero-order valence-electron chi connectivity index (χ0n) is 11.5. The molecule has 0 rings (SSSR count). The molecule has 0 aromatic carbocycles. The monoisotopic (exact) mass is 240 g/mol. The van der Waals surface area contributed by atoms with Crippen molar-refractivity contribution in [3.63, 3.8) is 0 Å². The molecule has 0 aliphatic carbocycles. The van der Waals surface area contributed by atoms with Crippen LogP contribution in [0.15, 0.2) is 12.2 Å². The lowest BCUT2D eigenvalue weighted by Gasteiger charge is -2.11. The Balaban J connectivity index is 3.63. The summed E-state index contributed by atoms with van der Waals surface area (Å²) < 4.78 is 0. The van der Waals surface area contributed by atoms with E-state index in [-0.39, 0.29) is 5.92 Å². The molecule has 1 atom stereocenters. The highest BCUT2D eigenvalue weighted by Gasteiger charge is 2.16. The minimum atomic E-state index is -0.639. The summed E-state index contributed by atoms with van der Waals surface area (Å²) in [6.45, 7) is 7.99. The van der Waals surface area contributed by atoms with Crippen molar-refractivity contribution in [2.45, 2.75) is 71.6 Å². The fraction of sp³-hybridized carbons (Fsp3) is 0.800. The van der Waals surface area contributed by atoms with Crippen molar-refractivity contribution < 1.29 is 9.90 Å². The van der Waals surface area contributed by atoms with E-state index >= 15 is 0 Å². The van der Waals surface area contributed by atoms with E-state index in [4.69, 9.17) is 5.11 Å². The highest BCUT2D eigenvalue weighted by molar-refractivity contribution is 5.69. The third kappa shape index (κ3) is 10.1. The van der Waals surface area contributed by atoms with Gasteiger partial charge in [0.15, 0.2) is 0 Å². The number of rotatable bonds is 11. The summed E-state index contributed by atoms with van der Waals surface area (Å²) in [4.78, 5) is 11.0. The smallest absolute Gasteiger partial charge is 0.306 e. The topological polar surface area (TPSA) is 37.3 Å². The number of carbonyl (C=O) groups is 1. The summed E-state index contributed by atoms with van der Waals surface area (Å²) in [6, 6.07) is 0. The van der Waals surface area contributed by atoms with Crippen LogP contribution >= 0.6 is 0 Å². The maximum Gasteiger partial charge on any atom is 0.306 e. The van der Waals surface area contributed by atoms with Crippen molar-refractivity contribution in [1.82, 2.24) is 0 Å². The Kier molecular flexibility index (Phi) is 9.89. The van der Waals surface area contributed by atoms with Gasteiger partial charge in [-0.1, -0.05) is 51.0 Å². The third-order valence-corrected chi connectivity index (χ3v) is 3.17. The SMILES string of the molecule is C=C(C)CCC(CCCCCCCC)C(=O)O. The first kappa shape index (κ1) is 16.2. The molecule has 1 unspecified atom stereocenters. The Morgan fingerprint density at radius 2 is 1.71 bits per heavy atom. The van der Waals surface area contributed by atoms with E-state index in [1.165, 1.54) is 32.1 Å². The molecule has 0 saturated heterocycles. The maximum atomic E-state index is 11.0. The number of unbranched alkanes of at least 4 members (excludes halogenated alkanes) is 5. The first-order valence-corrected chi connectivity index (χ1v) is 6.95. The molecule has 17 heavy (non-hydrogen) atoms. The van der Waals surface area contributed by atoms with Gasteiger partial charge in [0.1, 0.15) is 0 Å². The molecule has 0 heterocycles. The van der Waals surface area contributed by atoms with Gasteiger partial charge in [0.05, 0.1) is 5.92 Å². The Labute approximate surface area is 106 Å². The van der Waals surface area contributed by atoms with E-state index in [2.05, 4.69) is 13.5 Å². The summed E-state index contributed by atoms with van der Waals surface area (Å²) >= 11 is 0. The lowest BCUT2D eigenvalue weighted by atomic mass is 9.94. The van der Waals surface area contributed by atoms with Crippen LogP contribution in [-0.2, 0) is 4.79 Å². The zero-order chi connectivity index (χ0) is 13.1. The average Bonchev–Trinajstić information content (AvgIpc) is 2.26. The van der Waals surface area contributed by atoms with Gasteiger partial charge in [-0.05, 0) is 26.2 Å². The molecule has 2 nitrogen and oxygen atoms in total. The molecule has 0 saturated carbocycles. The fourth-order valence-corrected chi connectivity index (χ4v) is 1.98. The van der Waals surface area contributed by atoms with Gasteiger partial charge in [0.2, 0.25) is 0 Å². The summed E-state index contributed by atoms with van der Waals surface area (Å²) in [6.07, 6.45) is 9.75. The number of carboxylic acids is 1. The zero-order valence-corrected chi connectivity index (χ0v) is 11.5. The second-order valence-corrected chi connectivity index (χ2v) is 5.09. The average molecular weight is 240 g/mol. The normalized spacial score (nSPS) is 12.4. The van der Waals surface area contributed by atoms with Crippen molar-refractivity contribution in [3.8, 4) is 0 Å². The third-order valence-electron chi connectivity index (χ3n) is 3.17. The van der Waals surface area contributed by atoms with Gasteiger partial charge in [-0.2, -0.15) is 0 Å². The Morgan fingerprint density at radius 1 is 1.12 bits per heavy atom. The molecule has 0 aliphatic rings. The van der Waals surface area contributed by atoms with Gasteiger partial charge in [-0.25, -0.2) is 0 Å². The van der Waals surface area contributed by atoms with Crippen LogP contribution in [0.3, 0.4) is 0 Å². The predicted molar refractivity (Wildman–Crippen MR) is 73.2 cm³/mol. The Hall–Kier alpha value is -0.790. The molecular formula is C15H28O2. The van der Waals surface area contributed by atoms with Crippen LogP contribution in [0.1, 0.15) is 71.6 Å². The van der Waals surface area contributed by atoms with Crippen molar-refractivity contribution in [2.24, 2.45) is 5.92 Å². The van der Waals surface area contributed by atoms with Crippen molar-refractivity contribution in [1.29, 1.82) is 0 Å². The summed E-state index contributed by atoms with van der Waals surface area (Å²) in [7, 11) is 0.